The number of amides is 1. The zero-order valence-electron chi connectivity index (χ0n) is 12.6. The molecular weight excluding hydrogens is 272 g/mol. The van der Waals surface area contributed by atoms with E-state index in [0.717, 1.165) is 37.3 Å². The van der Waals surface area contributed by atoms with Gasteiger partial charge in [0, 0.05) is 52.3 Å². The first kappa shape index (κ1) is 14.5. The van der Waals surface area contributed by atoms with Gasteiger partial charge in [-0.2, -0.15) is 0 Å². The quantitative estimate of drug-likeness (QED) is 0.779. The number of fused-ring (bicyclic) bond motifs is 1. The zero-order chi connectivity index (χ0) is 15.0. The predicted octanol–water partition coefficient (Wildman–Crippen LogP) is -0.541. The topological polar surface area (TPSA) is 81.8 Å². The summed E-state index contributed by atoms with van der Waals surface area (Å²) in [5.74, 6) is 0.663. The number of β-amino-alcohol motifs (C(OH)–C–C–N with tert-alkyl or cyclic N) is 1. The van der Waals surface area contributed by atoms with Gasteiger partial charge in [-0.1, -0.05) is 5.16 Å². The molecule has 2 N–H and O–H groups in total. The Hall–Kier alpha value is -1.44. The molecule has 1 aromatic heterocycles. The van der Waals surface area contributed by atoms with Crippen LogP contribution in [0.2, 0.25) is 0 Å². The molecule has 3 heterocycles. The number of aliphatic hydroxyl groups is 1. The molecule has 1 saturated heterocycles. The lowest BCUT2D eigenvalue weighted by atomic mass is 9.99. The van der Waals surface area contributed by atoms with Crippen LogP contribution in [0.4, 0.5) is 0 Å². The van der Waals surface area contributed by atoms with Gasteiger partial charge < -0.3 is 19.8 Å². The van der Waals surface area contributed by atoms with Crippen LogP contribution in [0.25, 0.3) is 0 Å². The smallest absolute Gasteiger partial charge is 0.275 e. The molecule has 1 amide bonds. The number of carbonyl (C=O) groups excluding carboxylic acids is 1. The summed E-state index contributed by atoms with van der Waals surface area (Å²) in [4.78, 5) is 15.8. The minimum absolute atomic E-state index is 0.136. The fourth-order valence-electron chi connectivity index (χ4n) is 3.06. The van der Waals surface area contributed by atoms with Crippen LogP contribution in [-0.4, -0.2) is 71.8 Å². The molecule has 1 atom stereocenters. The predicted molar refractivity (Wildman–Crippen MR) is 75.9 cm³/mol. The molecule has 3 rings (SSSR count). The maximum Gasteiger partial charge on any atom is 0.275 e. The highest BCUT2D eigenvalue weighted by atomic mass is 16.5. The first-order chi connectivity index (χ1) is 9.98. The van der Waals surface area contributed by atoms with Crippen molar-refractivity contribution in [3.8, 4) is 0 Å². The van der Waals surface area contributed by atoms with Crippen molar-refractivity contribution in [1.29, 1.82) is 0 Å². The largest absolute Gasteiger partial charge is 0.387 e. The second kappa shape index (κ2) is 5.40. The summed E-state index contributed by atoms with van der Waals surface area (Å²) < 4.78 is 5.30. The summed E-state index contributed by atoms with van der Waals surface area (Å²) >= 11 is 0. The standard InChI is InChI=1S/C14H22N4O3/c1-17(2)13(19)12-10-7-18(6-3-11(10)21-16-12)9-14(20)4-5-15-8-14/h15,20H,3-9H2,1-2H3/t14-/m1/s1. The molecule has 0 saturated carbocycles. The number of carbonyl (C=O) groups is 1. The van der Waals surface area contributed by atoms with Gasteiger partial charge in [0.25, 0.3) is 5.91 Å². The molecule has 116 valence electrons. The lowest BCUT2D eigenvalue weighted by molar-refractivity contribution is 0.0158. The molecule has 0 bridgehead atoms. The molecular formula is C14H22N4O3. The SMILES string of the molecule is CN(C)C(=O)c1noc2c1CN(C[C@@]1(O)CCNC1)CC2. The van der Waals surface area contributed by atoms with Crippen molar-refractivity contribution in [2.45, 2.75) is 25.0 Å². The van der Waals surface area contributed by atoms with Crippen LogP contribution >= 0.6 is 0 Å². The highest BCUT2D eigenvalue weighted by Crippen LogP contribution is 2.25. The van der Waals surface area contributed by atoms with E-state index in [0.29, 0.717) is 25.3 Å². The molecule has 2 aliphatic rings. The second-order valence-corrected chi connectivity index (χ2v) is 6.24. The van der Waals surface area contributed by atoms with Gasteiger partial charge in [-0.05, 0) is 13.0 Å². The summed E-state index contributed by atoms with van der Waals surface area (Å²) in [6.07, 6.45) is 1.50. The Labute approximate surface area is 123 Å². The van der Waals surface area contributed by atoms with Gasteiger partial charge in [-0.25, -0.2) is 0 Å². The third kappa shape index (κ3) is 2.81. The average Bonchev–Trinajstić information content (AvgIpc) is 3.04. The second-order valence-electron chi connectivity index (χ2n) is 6.24. The van der Waals surface area contributed by atoms with Gasteiger partial charge in [0.1, 0.15) is 5.76 Å². The molecule has 7 heteroatoms. The Morgan fingerprint density at radius 1 is 1.57 bits per heavy atom. The van der Waals surface area contributed by atoms with E-state index in [2.05, 4.69) is 15.4 Å². The number of rotatable bonds is 3. The Balaban J connectivity index is 1.75. The van der Waals surface area contributed by atoms with E-state index in [1.165, 1.54) is 4.90 Å². The third-order valence-electron chi connectivity index (χ3n) is 4.25. The molecule has 21 heavy (non-hydrogen) atoms. The molecule has 1 aromatic rings. The number of hydrogen-bond donors (Lipinski definition) is 2. The number of hydrogen-bond acceptors (Lipinski definition) is 6. The number of nitrogens with zero attached hydrogens (tertiary/aromatic N) is 3. The minimum atomic E-state index is -0.666. The lowest BCUT2D eigenvalue weighted by Gasteiger charge is -2.32. The van der Waals surface area contributed by atoms with E-state index >= 15 is 0 Å². The molecule has 2 aliphatic heterocycles. The van der Waals surface area contributed by atoms with Gasteiger partial charge in [0.15, 0.2) is 5.69 Å². The van der Waals surface area contributed by atoms with Gasteiger partial charge in [-0.3, -0.25) is 9.69 Å². The first-order valence-electron chi connectivity index (χ1n) is 7.33. The Morgan fingerprint density at radius 3 is 3.05 bits per heavy atom. The van der Waals surface area contributed by atoms with Gasteiger partial charge in [0.2, 0.25) is 0 Å². The summed E-state index contributed by atoms with van der Waals surface area (Å²) in [6.45, 7) is 3.52. The third-order valence-corrected chi connectivity index (χ3v) is 4.25. The lowest BCUT2D eigenvalue weighted by Crippen LogP contribution is -2.46. The highest BCUT2D eigenvalue weighted by Gasteiger charge is 2.36. The molecule has 7 nitrogen and oxygen atoms in total. The first-order valence-corrected chi connectivity index (χ1v) is 7.33. The maximum atomic E-state index is 12.1. The van der Waals surface area contributed by atoms with E-state index in [1.54, 1.807) is 14.1 Å². The van der Waals surface area contributed by atoms with E-state index in [9.17, 15) is 9.90 Å². The van der Waals surface area contributed by atoms with E-state index in [4.69, 9.17) is 4.52 Å². The van der Waals surface area contributed by atoms with Crippen LogP contribution in [0.5, 0.6) is 0 Å². The average molecular weight is 294 g/mol. The highest BCUT2D eigenvalue weighted by molar-refractivity contribution is 5.93. The zero-order valence-corrected chi connectivity index (χ0v) is 12.6. The van der Waals surface area contributed by atoms with Crippen molar-refractivity contribution >= 4 is 5.91 Å². The molecule has 0 unspecified atom stereocenters. The Kier molecular flexibility index (Phi) is 3.73. The van der Waals surface area contributed by atoms with E-state index < -0.39 is 5.60 Å². The van der Waals surface area contributed by atoms with Crippen molar-refractivity contribution in [3.05, 3.63) is 17.0 Å². The fraction of sp³-hybridized carbons (Fsp3) is 0.714. The van der Waals surface area contributed by atoms with Crippen LogP contribution in [0.3, 0.4) is 0 Å². The van der Waals surface area contributed by atoms with E-state index in [-0.39, 0.29) is 5.91 Å². The minimum Gasteiger partial charge on any atom is -0.387 e. The van der Waals surface area contributed by atoms with Crippen molar-refractivity contribution in [3.63, 3.8) is 0 Å². The molecule has 0 radical (unpaired) electrons. The van der Waals surface area contributed by atoms with Crippen LogP contribution in [-0.2, 0) is 13.0 Å². The molecule has 1 fully saturated rings. The summed E-state index contributed by atoms with van der Waals surface area (Å²) in [5.41, 5.74) is 0.603. The van der Waals surface area contributed by atoms with Crippen molar-refractivity contribution in [2.75, 3.05) is 40.3 Å². The Bertz CT molecular complexity index is 534. The molecule has 0 aromatic carbocycles. The Morgan fingerprint density at radius 2 is 2.38 bits per heavy atom. The van der Waals surface area contributed by atoms with Crippen LogP contribution in [0.1, 0.15) is 28.2 Å². The number of nitrogens with one attached hydrogen (secondary N) is 1. The van der Waals surface area contributed by atoms with Crippen LogP contribution < -0.4 is 5.32 Å². The summed E-state index contributed by atoms with van der Waals surface area (Å²) in [7, 11) is 3.41. The monoisotopic (exact) mass is 294 g/mol. The maximum absolute atomic E-state index is 12.1. The van der Waals surface area contributed by atoms with Crippen molar-refractivity contribution in [1.82, 2.24) is 20.3 Å². The van der Waals surface area contributed by atoms with Crippen molar-refractivity contribution < 1.29 is 14.4 Å². The normalized spacial score (nSPS) is 25.9. The van der Waals surface area contributed by atoms with Gasteiger partial charge >= 0.3 is 0 Å². The summed E-state index contributed by atoms with van der Waals surface area (Å²) in [6, 6.07) is 0. The molecule has 0 aliphatic carbocycles. The van der Waals surface area contributed by atoms with E-state index in [1.807, 2.05) is 0 Å². The number of aromatic nitrogens is 1. The van der Waals surface area contributed by atoms with Gasteiger partial charge in [0.05, 0.1) is 5.60 Å². The van der Waals surface area contributed by atoms with Crippen LogP contribution in [0, 0.1) is 0 Å². The van der Waals surface area contributed by atoms with Gasteiger partial charge in [-0.15, -0.1) is 0 Å². The van der Waals surface area contributed by atoms with Crippen LogP contribution in [0.15, 0.2) is 4.52 Å². The van der Waals surface area contributed by atoms with Crippen molar-refractivity contribution in [2.24, 2.45) is 0 Å². The summed E-state index contributed by atoms with van der Waals surface area (Å²) in [5, 5.41) is 17.6. The fourth-order valence-corrected chi connectivity index (χ4v) is 3.06. The molecule has 0 spiro atoms.